The minimum absolute atomic E-state index is 0.0883. The Balaban J connectivity index is 1.89. The minimum Gasteiger partial charge on any atom is -0.478 e. The number of esters is 1. The first kappa shape index (κ1) is 21.7. The van der Waals surface area contributed by atoms with Crippen LogP contribution in [-0.2, 0) is 14.3 Å². The molecule has 0 amide bonds. The Morgan fingerprint density at radius 1 is 1.06 bits per heavy atom. The number of allylic oxidation sites excluding steroid dienone is 1. The molecule has 4 rings (SSSR count). The topological polar surface area (TPSA) is 93.0 Å². The maximum absolute atomic E-state index is 13.1. The van der Waals surface area contributed by atoms with Gasteiger partial charge < -0.3 is 9.84 Å². The minimum atomic E-state index is -0.992. The van der Waals surface area contributed by atoms with Crippen molar-refractivity contribution in [2.75, 3.05) is 6.61 Å². The zero-order chi connectivity index (χ0) is 22.8. The van der Waals surface area contributed by atoms with Crippen LogP contribution in [0, 0.1) is 5.92 Å². The number of ether oxygens (including phenoxy) is 1. The average molecular weight is 431 g/mol. The van der Waals surface area contributed by atoms with E-state index in [2.05, 4.69) is 4.99 Å². The van der Waals surface area contributed by atoms with E-state index in [0.29, 0.717) is 17.7 Å². The molecule has 32 heavy (non-hydrogen) atoms. The molecule has 0 bridgehead atoms. The molecule has 0 saturated heterocycles. The van der Waals surface area contributed by atoms with Crippen LogP contribution in [0.25, 0.3) is 11.1 Å². The maximum Gasteiger partial charge on any atom is 0.336 e. The molecule has 1 aliphatic carbocycles. The Bertz CT molecular complexity index is 1140. The number of ketones is 1. The lowest BCUT2D eigenvalue weighted by molar-refractivity contribution is -0.139. The molecule has 0 aromatic heterocycles. The van der Waals surface area contributed by atoms with Crippen LogP contribution in [0.2, 0.25) is 0 Å². The molecule has 0 radical (unpaired) electrons. The molecule has 2 aliphatic rings. The highest BCUT2D eigenvalue weighted by molar-refractivity contribution is 6.11. The second-order valence-corrected chi connectivity index (χ2v) is 8.07. The summed E-state index contributed by atoms with van der Waals surface area (Å²) in [5.41, 5.74) is 4.54. The van der Waals surface area contributed by atoms with Crippen LogP contribution in [0.1, 0.15) is 54.9 Å². The molecule has 1 heterocycles. The summed E-state index contributed by atoms with van der Waals surface area (Å²) in [7, 11) is 0. The van der Waals surface area contributed by atoms with Crippen molar-refractivity contribution in [3.05, 3.63) is 70.9 Å². The van der Waals surface area contributed by atoms with Gasteiger partial charge in [-0.3, -0.25) is 9.79 Å². The van der Waals surface area contributed by atoms with Crippen LogP contribution >= 0.6 is 0 Å². The number of hydrogen-bond donors (Lipinski definition) is 1. The Hall–Kier alpha value is -3.54. The molecular weight excluding hydrogens is 406 g/mol. The zero-order valence-electron chi connectivity index (χ0n) is 18.1. The molecule has 2 aromatic rings. The summed E-state index contributed by atoms with van der Waals surface area (Å²) in [6.45, 7) is 3.78. The third-order valence-electron chi connectivity index (χ3n) is 6.14. The first-order valence-electron chi connectivity index (χ1n) is 10.8. The van der Waals surface area contributed by atoms with Gasteiger partial charge >= 0.3 is 11.9 Å². The second kappa shape index (κ2) is 8.91. The van der Waals surface area contributed by atoms with E-state index in [1.165, 1.54) is 0 Å². The van der Waals surface area contributed by atoms with Crippen molar-refractivity contribution in [3.63, 3.8) is 0 Å². The molecule has 1 fully saturated rings. The highest BCUT2D eigenvalue weighted by Gasteiger charge is 2.44. The molecule has 6 heteroatoms. The van der Waals surface area contributed by atoms with Gasteiger partial charge in [0.15, 0.2) is 0 Å². The van der Waals surface area contributed by atoms with Crippen molar-refractivity contribution in [2.45, 2.75) is 39.0 Å². The highest BCUT2D eigenvalue weighted by Crippen LogP contribution is 2.45. The number of aromatic carboxylic acids is 1. The van der Waals surface area contributed by atoms with Crippen LogP contribution in [0.15, 0.2) is 64.8 Å². The maximum atomic E-state index is 13.1. The van der Waals surface area contributed by atoms with E-state index in [-0.39, 0.29) is 18.0 Å². The summed E-state index contributed by atoms with van der Waals surface area (Å²) >= 11 is 0. The van der Waals surface area contributed by atoms with Crippen LogP contribution in [0.4, 0.5) is 0 Å². The van der Waals surface area contributed by atoms with Gasteiger partial charge in [0.05, 0.1) is 23.7 Å². The number of fused-ring (bicyclic) bond motifs is 1. The van der Waals surface area contributed by atoms with E-state index in [0.717, 1.165) is 35.2 Å². The summed E-state index contributed by atoms with van der Waals surface area (Å²) < 4.78 is 5.36. The predicted octanol–water partition coefficient (Wildman–Crippen LogP) is 4.80. The van der Waals surface area contributed by atoms with Gasteiger partial charge in [-0.05, 0) is 55.5 Å². The average Bonchev–Trinajstić information content (AvgIpc) is 2.78. The van der Waals surface area contributed by atoms with Crippen molar-refractivity contribution >= 4 is 23.4 Å². The van der Waals surface area contributed by atoms with Gasteiger partial charge in [-0.25, -0.2) is 9.59 Å². The fraction of sp³-hybridized carbons (Fsp3) is 0.308. The zero-order valence-corrected chi connectivity index (χ0v) is 18.1. The summed E-state index contributed by atoms with van der Waals surface area (Å²) in [5, 5.41) is 9.23. The fourth-order valence-electron chi connectivity index (χ4n) is 4.75. The van der Waals surface area contributed by atoms with E-state index in [4.69, 9.17) is 4.74 Å². The molecule has 0 spiro atoms. The molecule has 2 aromatic carbocycles. The highest BCUT2D eigenvalue weighted by atomic mass is 16.5. The number of carboxylic acids is 1. The van der Waals surface area contributed by atoms with Crippen LogP contribution in [0.5, 0.6) is 0 Å². The van der Waals surface area contributed by atoms with E-state index in [1.807, 2.05) is 24.3 Å². The number of rotatable bonds is 5. The Morgan fingerprint density at radius 2 is 1.78 bits per heavy atom. The molecule has 2 unspecified atom stereocenters. The van der Waals surface area contributed by atoms with Gasteiger partial charge in [-0.1, -0.05) is 36.4 Å². The van der Waals surface area contributed by atoms with Gasteiger partial charge in [0.2, 0.25) is 0 Å². The Morgan fingerprint density at radius 3 is 2.47 bits per heavy atom. The van der Waals surface area contributed by atoms with Gasteiger partial charge in [0.25, 0.3) is 0 Å². The Labute approximate surface area is 186 Å². The molecule has 6 nitrogen and oxygen atoms in total. The predicted molar refractivity (Wildman–Crippen MR) is 121 cm³/mol. The second-order valence-electron chi connectivity index (χ2n) is 8.07. The molecule has 1 aliphatic heterocycles. The number of hydrogen-bond acceptors (Lipinski definition) is 5. The van der Waals surface area contributed by atoms with Crippen LogP contribution in [0.3, 0.4) is 0 Å². The third kappa shape index (κ3) is 3.88. The van der Waals surface area contributed by atoms with Crippen molar-refractivity contribution in [2.24, 2.45) is 10.9 Å². The van der Waals surface area contributed by atoms with Crippen molar-refractivity contribution in [3.8, 4) is 11.1 Å². The van der Waals surface area contributed by atoms with E-state index in [9.17, 15) is 19.5 Å². The number of nitrogens with zero attached hydrogens (tertiary/aromatic N) is 1. The lowest BCUT2D eigenvalue weighted by Crippen LogP contribution is -2.39. The van der Waals surface area contributed by atoms with Crippen LogP contribution in [-0.4, -0.2) is 35.1 Å². The Kier molecular flexibility index (Phi) is 6.04. The standard InChI is InChI=1S/C26H25NO5/c1-3-32-26(31)22-15(2)27-20-9-6-10-21(28)24(20)23(22)19-8-5-4-7-18(19)16-11-13-17(14-12-16)25(29)30/h4-5,7-8,11-14,23-24H,3,6,9-10H2,1-2H3,(H,29,30). The lowest BCUT2D eigenvalue weighted by atomic mass is 9.68. The molecule has 2 atom stereocenters. The van der Waals surface area contributed by atoms with Crippen molar-refractivity contribution < 1.29 is 24.2 Å². The molecule has 1 N–H and O–H groups in total. The lowest BCUT2D eigenvalue weighted by Gasteiger charge is -2.36. The van der Waals surface area contributed by atoms with Crippen molar-refractivity contribution in [1.82, 2.24) is 0 Å². The summed E-state index contributed by atoms with van der Waals surface area (Å²) in [6.07, 6.45) is 1.96. The number of aliphatic imine (C=N–C) groups is 1. The number of carbonyl (C=O) groups excluding carboxylic acids is 2. The molecule has 1 saturated carbocycles. The summed E-state index contributed by atoms with van der Waals surface area (Å²) in [5.74, 6) is -2.34. The van der Waals surface area contributed by atoms with E-state index in [1.54, 1.807) is 38.1 Å². The first-order chi connectivity index (χ1) is 15.4. The van der Waals surface area contributed by atoms with Crippen molar-refractivity contribution in [1.29, 1.82) is 0 Å². The summed E-state index contributed by atoms with van der Waals surface area (Å²) in [6, 6.07) is 14.3. The normalized spacial score (nSPS) is 20.4. The van der Waals surface area contributed by atoms with E-state index >= 15 is 0 Å². The van der Waals surface area contributed by atoms with Gasteiger partial charge in [0, 0.05) is 23.7 Å². The van der Waals surface area contributed by atoms with Gasteiger partial charge in [-0.2, -0.15) is 0 Å². The largest absolute Gasteiger partial charge is 0.478 e. The SMILES string of the molecule is CCOC(=O)C1=C(C)N=C2CCCC(=O)C2C1c1ccccc1-c1ccc(C(=O)O)cc1. The first-order valence-corrected chi connectivity index (χ1v) is 10.8. The number of carbonyl (C=O) groups is 3. The fourth-order valence-corrected chi connectivity index (χ4v) is 4.75. The smallest absolute Gasteiger partial charge is 0.336 e. The molecule has 164 valence electrons. The molecular formula is C26H25NO5. The third-order valence-corrected chi connectivity index (χ3v) is 6.14. The quantitative estimate of drug-likeness (QED) is 0.687. The number of Topliss-reactive ketones (excluding diaryl/α,β-unsaturated/α-hetero) is 1. The van der Waals surface area contributed by atoms with E-state index < -0.39 is 23.8 Å². The monoisotopic (exact) mass is 431 g/mol. The summed E-state index contributed by atoms with van der Waals surface area (Å²) in [4.78, 5) is 42.0. The number of carboxylic acid groups (broad SMARTS) is 1. The van der Waals surface area contributed by atoms with Gasteiger partial charge in [0.1, 0.15) is 5.78 Å². The van der Waals surface area contributed by atoms with Crippen LogP contribution < -0.4 is 0 Å². The van der Waals surface area contributed by atoms with Gasteiger partial charge in [-0.15, -0.1) is 0 Å². The number of benzene rings is 2.